The van der Waals surface area contributed by atoms with Crippen LogP contribution < -0.4 is 16.0 Å². The molecular formula is C18H18N4O3. The summed E-state index contributed by atoms with van der Waals surface area (Å²) < 4.78 is 4.95. The number of urea groups is 1. The summed E-state index contributed by atoms with van der Waals surface area (Å²) in [5.41, 5.74) is 2.01. The van der Waals surface area contributed by atoms with Crippen LogP contribution in [0.4, 0.5) is 21.9 Å². The highest BCUT2D eigenvalue weighted by molar-refractivity contribution is 6.00. The van der Waals surface area contributed by atoms with E-state index in [-0.39, 0.29) is 5.91 Å². The van der Waals surface area contributed by atoms with Crippen molar-refractivity contribution < 1.29 is 14.3 Å². The van der Waals surface area contributed by atoms with Gasteiger partial charge in [-0.1, -0.05) is 12.1 Å². The third kappa shape index (κ3) is 5.34. The minimum absolute atomic E-state index is 0.280. The minimum atomic E-state index is -0.577. The third-order valence-electron chi connectivity index (χ3n) is 3.36. The Kier molecular flexibility index (Phi) is 6.09. The highest BCUT2D eigenvalue weighted by Crippen LogP contribution is 2.16. The maximum Gasteiger partial charge on any atom is 0.323 e. The maximum atomic E-state index is 12.1. The number of ether oxygens (including phenoxy) is 1. The first-order chi connectivity index (χ1) is 12.0. The van der Waals surface area contributed by atoms with Crippen molar-refractivity contribution >= 4 is 29.0 Å². The first-order valence-corrected chi connectivity index (χ1v) is 7.53. The Morgan fingerprint density at radius 1 is 1.00 bits per heavy atom. The van der Waals surface area contributed by atoms with Crippen LogP contribution in [0.3, 0.4) is 0 Å². The largest absolute Gasteiger partial charge is 0.372 e. The molecule has 2 aromatic carbocycles. The number of nitrogens with one attached hydrogen (secondary N) is 3. The van der Waals surface area contributed by atoms with E-state index in [1.54, 1.807) is 55.5 Å². The van der Waals surface area contributed by atoms with Crippen LogP contribution in [0.2, 0.25) is 0 Å². The Labute approximate surface area is 145 Å². The van der Waals surface area contributed by atoms with Crippen molar-refractivity contribution in [2.45, 2.75) is 13.0 Å². The number of amides is 3. The number of carbonyl (C=O) groups excluding carboxylic acids is 2. The lowest BCUT2D eigenvalue weighted by atomic mass is 10.2. The van der Waals surface area contributed by atoms with Crippen molar-refractivity contribution in [2.75, 3.05) is 23.1 Å². The highest BCUT2D eigenvalue weighted by atomic mass is 16.5. The summed E-state index contributed by atoms with van der Waals surface area (Å²) in [5, 5.41) is 16.9. The molecule has 0 aliphatic rings. The molecule has 0 radical (unpaired) electrons. The first kappa shape index (κ1) is 18.0. The van der Waals surface area contributed by atoms with Crippen LogP contribution in [0.1, 0.15) is 12.5 Å². The Balaban J connectivity index is 2.00. The molecule has 1 unspecified atom stereocenters. The maximum absolute atomic E-state index is 12.1. The van der Waals surface area contributed by atoms with Crippen molar-refractivity contribution in [3.63, 3.8) is 0 Å². The predicted molar refractivity (Wildman–Crippen MR) is 95.3 cm³/mol. The van der Waals surface area contributed by atoms with Crippen LogP contribution in [0, 0.1) is 11.3 Å². The van der Waals surface area contributed by atoms with E-state index < -0.39 is 12.1 Å². The van der Waals surface area contributed by atoms with Crippen LogP contribution in [0.5, 0.6) is 0 Å². The zero-order valence-electron chi connectivity index (χ0n) is 13.9. The fourth-order valence-corrected chi connectivity index (χ4v) is 1.99. The summed E-state index contributed by atoms with van der Waals surface area (Å²) in [5.74, 6) is -0.280. The molecule has 1 atom stereocenters. The molecule has 7 nitrogen and oxygen atoms in total. The van der Waals surface area contributed by atoms with Crippen LogP contribution in [0.15, 0.2) is 48.5 Å². The van der Waals surface area contributed by atoms with Crippen molar-refractivity contribution in [1.29, 1.82) is 5.26 Å². The van der Waals surface area contributed by atoms with Gasteiger partial charge in [-0.15, -0.1) is 0 Å². The predicted octanol–water partition coefficient (Wildman–Crippen LogP) is 3.18. The van der Waals surface area contributed by atoms with Gasteiger partial charge in [-0.25, -0.2) is 4.79 Å². The fourth-order valence-electron chi connectivity index (χ4n) is 1.99. The van der Waals surface area contributed by atoms with Gasteiger partial charge >= 0.3 is 6.03 Å². The minimum Gasteiger partial charge on any atom is -0.372 e. The van der Waals surface area contributed by atoms with E-state index in [0.29, 0.717) is 22.6 Å². The van der Waals surface area contributed by atoms with E-state index in [1.807, 2.05) is 6.07 Å². The lowest BCUT2D eigenvalue weighted by molar-refractivity contribution is -0.124. The molecule has 7 heteroatoms. The number of methoxy groups -OCH3 is 1. The van der Waals surface area contributed by atoms with Gasteiger partial charge in [0.05, 0.1) is 11.6 Å². The lowest BCUT2D eigenvalue weighted by Gasteiger charge is -2.12. The van der Waals surface area contributed by atoms with E-state index in [4.69, 9.17) is 10.00 Å². The molecule has 128 valence electrons. The van der Waals surface area contributed by atoms with E-state index in [9.17, 15) is 9.59 Å². The standard InChI is InChI=1S/C18H18N4O3/c1-12(25-2)17(23)20-15-7-4-8-16(10-15)22-18(24)21-14-6-3-5-13(9-14)11-19/h3-10,12H,1-2H3,(H,20,23)(H2,21,22,24). The topological polar surface area (TPSA) is 103 Å². The summed E-state index contributed by atoms with van der Waals surface area (Å²) in [6.45, 7) is 1.64. The number of nitrogens with zero attached hydrogens (tertiary/aromatic N) is 1. The molecule has 0 fully saturated rings. The van der Waals surface area contributed by atoms with Crippen molar-refractivity contribution in [2.24, 2.45) is 0 Å². The Morgan fingerprint density at radius 3 is 2.16 bits per heavy atom. The molecular weight excluding hydrogens is 320 g/mol. The van der Waals surface area contributed by atoms with Gasteiger partial charge < -0.3 is 20.7 Å². The SMILES string of the molecule is COC(C)C(=O)Nc1cccc(NC(=O)Nc2cccc(C#N)c2)c1. The molecule has 0 saturated heterocycles. The Bertz CT molecular complexity index is 814. The molecule has 25 heavy (non-hydrogen) atoms. The Morgan fingerprint density at radius 2 is 1.56 bits per heavy atom. The molecule has 2 rings (SSSR count). The lowest BCUT2D eigenvalue weighted by Crippen LogP contribution is -2.26. The summed E-state index contributed by atoms with van der Waals surface area (Å²) in [4.78, 5) is 23.9. The molecule has 3 amide bonds. The van der Waals surface area contributed by atoms with E-state index >= 15 is 0 Å². The molecule has 0 heterocycles. The van der Waals surface area contributed by atoms with Crippen LogP contribution in [-0.4, -0.2) is 25.2 Å². The summed E-state index contributed by atoms with van der Waals surface area (Å²) >= 11 is 0. The highest BCUT2D eigenvalue weighted by Gasteiger charge is 2.12. The molecule has 0 aliphatic carbocycles. The summed E-state index contributed by atoms with van der Waals surface area (Å²) in [6, 6.07) is 14.9. The van der Waals surface area contributed by atoms with Crippen molar-refractivity contribution in [1.82, 2.24) is 0 Å². The van der Waals surface area contributed by atoms with Crippen LogP contribution >= 0.6 is 0 Å². The first-order valence-electron chi connectivity index (χ1n) is 7.53. The van der Waals surface area contributed by atoms with Gasteiger partial charge in [0.1, 0.15) is 6.10 Å². The van der Waals surface area contributed by atoms with E-state index in [1.165, 1.54) is 7.11 Å². The quantitative estimate of drug-likeness (QED) is 0.779. The Hall–Kier alpha value is -3.37. The van der Waals surface area contributed by atoms with E-state index in [0.717, 1.165) is 0 Å². The summed E-state index contributed by atoms with van der Waals surface area (Å²) in [6.07, 6.45) is -0.577. The van der Waals surface area contributed by atoms with Gasteiger partial charge in [0.25, 0.3) is 5.91 Å². The normalized spacial score (nSPS) is 11.1. The van der Waals surface area contributed by atoms with Crippen molar-refractivity contribution in [3.05, 3.63) is 54.1 Å². The molecule has 0 spiro atoms. The van der Waals surface area contributed by atoms with Gasteiger partial charge in [-0.2, -0.15) is 5.26 Å². The van der Waals surface area contributed by atoms with Gasteiger partial charge in [0.2, 0.25) is 0 Å². The van der Waals surface area contributed by atoms with E-state index in [2.05, 4.69) is 16.0 Å². The number of anilines is 3. The zero-order valence-corrected chi connectivity index (χ0v) is 13.9. The average Bonchev–Trinajstić information content (AvgIpc) is 2.61. The summed E-state index contributed by atoms with van der Waals surface area (Å²) in [7, 11) is 1.45. The number of benzene rings is 2. The van der Waals surface area contributed by atoms with Crippen LogP contribution in [-0.2, 0) is 9.53 Å². The van der Waals surface area contributed by atoms with Crippen LogP contribution in [0.25, 0.3) is 0 Å². The molecule has 3 N–H and O–H groups in total. The molecule has 0 bridgehead atoms. The number of hydrogen-bond donors (Lipinski definition) is 3. The molecule has 0 aromatic heterocycles. The molecule has 2 aromatic rings. The molecule has 0 saturated carbocycles. The monoisotopic (exact) mass is 338 g/mol. The fraction of sp³-hybridized carbons (Fsp3) is 0.167. The number of rotatable bonds is 5. The number of hydrogen-bond acceptors (Lipinski definition) is 4. The van der Waals surface area contributed by atoms with Gasteiger partial charge in [0.15, 0.2) is 0 Å². The molecule has 0 aliphatic heterocycles. The van der Waals surface area contributed by atoms with Gasteiger partial charge in [-0.3, -0.25) is 4.79 Å². The van der Waals surface area contributed by atoms with Gasteiger partial charge in [0, 0.05) is 24.2 Å². The average molecular weight is 338 g/mol. The zero-order chi connectivity index (χ0) is 18.2. The third-order valence-corrected chi connectivity index (χ3v) is 3.36. The number of nitriles is 1. The second kappa shape index (κ2) is 8.47. The second-order valence-electron chi connectivity index (χ2n) is 5.22. The second-order valence-corrected chi connectivity index (χ2v) is 5.22. The number of carbonyl (C=O) groups is 2. The van der Waals surface area contributed by atoms with Gasteiger partial charge in [-0.05, 0) is 43.3 Å². The van der Waals surface area contributed by atoms with Crippen molar-refractivity contribution in [3.8, 4) is 6.07 Å². The smallest absolute Gasteiger partial charge is 0.323 e.